The Bertz CT molecular complexity index is 1730. The Kier molecular flexibility index (Phi) is 8.86. The minimum atomic E-state index is -0.969. The van der Waals surface area contributed by atoms with Crippen LogP contribution in [-0.2, 0) is 4.79 Å². The molecule has 3 unspecified atom stereocenters. The summed E-state index contributed by atoms with van der Waals surface area (Å²) in [4.78, 5) is 20.6. The van der Waals surface area contributed by atoms with Crippen LogP contribution in [-0.4, -0.2) is 69.6 Å². The van der Waals surface area contributed by atoms with E-state index in [0.29, 0.717) is 71.1 Å². The number of piperazine rings is 1. The Morgan fingerprint density at radius 2 is 1.98 bits per heavy atom. The lowest BCUT2D eigenvalue weighted by Gasteiger charge is -2.47. The third-order valence-corrected chi connectivity index (χ3v) is 9.07. The van der Waals surface area contributed by atoms with Gasteiger partial charge in [-0.05, 0) is 69.0 Å². The Morgan fingerprint density at radius 3 is 2.64 bits per heavy atom. The lowest BCUT2D eigenvalue weighted by Crippen LogP contribution is -2.61. The third-order valence-electron chi connectivity index (χ3n) is 8.70. The number of aromatic nitrogens is 1. The van der Waals surface area contributed by atoms with Gasteiger partial charge in [0.05, 0.1) is 39.4 Å². The number of hydrogen-bond donors (Lipinski definition) is 6. The number of benzene rings is 2. The smallest absolute Gasteiger partial charge is 0.246 e. The molecule has 3 heterocycles. The fourth-order valence-electron chi connectivity index (χ4n) is 6.34. The lowest BCUT2D eigenvalue weighted by molar-refractivity contribution is -0.131. The number of fused-ring (bicyclic) bond motifs is 2. The lowest BCUT2D eigenvalue weighted by atomic mass is 9.90. The molecule has 7 N–H and O–H groups in total. The SMILES string of the molecule is C=CC(=O)N1CC2CCNc3c(Cl)c(-c4c(C)ccc(N)c4C=N)c(F)c(Nc4c(C)ccnc4C(C)O)c3C(=N)N2CC1C. The Morgan fingerprint density at radius 1 is 1.24 bits per heavy atom. The standard InChI is InChI=1S/C33H38ClFN8O2/c1-6-23(45)42-15-20-10-12-40-31-26(33(38)43(20)14-18(42)4)32(41-29-17(3)9-11-39-30(29)19(5)44)28(35)25(27(31)34)24-16(2)7-8-22(37)21(24)13-36/h6-9,11,13,18-20,36,38,40-41,44H,1,10,12,14-15,37H2,2-5H3. The van der Waals surface area contributed by atoms with E-state index in [1.807, 2.05) is 18.7 Å². The minimum Gasteiger partial charge on any atom is -0.398 e. The first-order chi connectivity index (χ1) is 21.4. The number of amidine groups is 1. The summed E-state index contributed by atoms with van der Waals surface area (Å²) in [6.07, 6.45) is 3.56. The van der Waals surface area contributed by atoms with Crippen molar-refractivity contribution in [1.82, 2.24) is 14.8 Å². The summed E-state index contributed by atoms with van der Waals surface area (Å²) in [7, 11) is 0. The normalized spacial score (nSPS) is 18.6. The zero-order valence-electron chi connectivity index (χ0n) is 25.8. The minimum absolute atomic E-state index is 0.0319. The first kappa shape index (κ1) is 31.9. The number of nitrogens with one attached hydrogen (secondary N) is 4. The average Bonchev–Trinajstić information content (AvgIpc) is 3.00. The molecule has 1 saturated heterocycles. The van der Waals surface area contributed by atoms with Gasteiger partial charge in [0, 0.05) is 60.9 Å². The Balaban J connectivity index is 1.80. The van der Waals surface area contributed by atoms with Gasteiger partial charge in [0.25, 0.3) is 0 Å². The molecule has 12 heteroatoms. The number of rotatable bonds is 6. The third kappa shape index (κ3) is 5.51. The number of anilines is 4. The highest BCUT2D eigenvalue weighted by molar-refractivity contribution is 6.38. The van der Waals surface area contributed by atoms with Crippen LogP contribution < -0.4 is 16.4 Å². The van der Waals surface area contributed by atoms with Gasteiger partial charge in [0.2, 0.25) is 5.91 Å². The fraction of sp³-hybridized carbons (Fsp3) is 0.333. The van der Waals surface area contributed by atoms with Crippen molar-refractivity contribution in [3.8, 4) is 11.1 Å². The summed E-state index contributed by atoms with van der Waals surface area (Å²) in [5.74, 6) is -0.888. The highest BCUT2D eigenvalue weighted by Gasteiger charge is 2.39. The highest BCUT2D eigenvalue weighted by Crippen LogP contribution is 2.48. The molecule has 3 aromatic rings. The highest BCUT2D eigenvalue weighted by atomic mass is 35.5. The molecule has 0 spiro atoms. The van der Waals surface area contributed by atoms with Gasteiger partial charge >= 0.3 is 0 Å². The predicted octanol–water partition coefficient (Wildman–Crippen LogP) is 5.76. The second-order valence-electron chi connectivity index (χ2n) is 11.6. The summed E-state index contributed by atoms with van der Waals surface area (Å²) in [5.41, 5.74) is 9.89. The van der Waals surface area contributed by atoms with Crippen molar-refractivity contribution in [2.24, 2.45) is 0 Å². The number of nitrogens with two attached hydrogens (primary N) is 1. The van der Waals surface area contributed by atoms with Crippen LogP contribution in [0.1, 0.15) is 54.3 Å². The van der Waals surface area contributed by atoms with Crippen LogP contribution in [0.3, 0.4) is 0 Å². The number of pyridine rings is 1. The molecular weight excluding hydrogens is 595 g/mol. The van der Waals surface area contributed by atoms with Crippen LogP contribution >= 0.6 is 11.6 Å². The van der Waals surface area contributed by atoms with E-state index in [1.54, 1.807) is 43.1 Å². The van der Waals surface area contributed by atoms with Crippen molar-refractivity contribution in [2.45, 2.75) is 52.3 Å². The number of halogens is 2. The van der Waals surface area contributed by atoms with Gasteiger partial charge in [-0.3, -0.25) is 15.2 Å². The quantitative estimate of drug-likeness (QED) is 0.115. The van der Waals surface area contributed by atoms with E-state index in [4.69, 9.17) is 22.7 Å². The van der Waals surface area contributed by atoms with Crippen molar-refractivity contribution < 1.29 is 14.3 Å². The van der Waals surface area contributed by atoms with Crippen molar-refractivity contribution >= 4 is 52.3 Å². The molecule has 3 atom stereocenters. The zero-order valence-corrected chi connectivity index (χ0v) is 26.5. The number of amides is 1. The summed E-state index contributed by atoms with van der Waals surface area (Å²) in [6.45, 7) is 11.9. The molecule has 236 valence electrons. The van der Waals surface area contributed by atoms with Gasteiger partial charge in [-0.2, -0.15) is 0 Å². The van der Waals surface area contributed by atoms with E-state index in [2.05, 4.69) is 22.2 Å². The van der Waals surface area contributed by atoms with E-state index in [0.717, 1.165) is 6.21 Å². The van der Waals surface area contributed by atoms with Crippen LogP contribution in [0.15, 0.2) is 37.1 Å². The van der Waals surface area contributed by atoms with Gasteiger partial charge in [0.15, 0.2) is 5.82 Å². The van der Waals surface area contributed by atoms with Crippen LogP contribution in [0, 0.1) is 30.5 Å². The molecular formula is C33H38ClFN8O2. The molecule has 45 heavy (non-hydrogen) atoms. The molecule has 0 aliphatic carbocycles. The molecule has 0 saturated carbocycles. The molecule has 0 radical (unpaired) electrons. The number of carbonyl (C=O) groups is 1. The molecule has 5 rings (SSSR count). The van der Waals surface area contributed by atoms with Crippen molar-refractivity contribution in [1.29, 1.82) is 10.8 Å². The topological polar surface area (TPSA) is 154 Å². The molecule has 1 amide bonds. The Labute approximate surface area is 267 Å². The fourth-order valence-corrected chi connectivity index (χ4v) is 6.68. The summed E-state index contributed by atoms with van der Waals surface area (Å²) in [6, 6.07) is 4.71. The molecule has 1 fully saturated rings. The van der Waals surface area contributed by atoms with Gasteiger partial charge in [-0.25, -0.2) is 4.39 Å². The molecule has 0 bridgehead atoms. The number of aliphatic hydroxyl groups is 1. The monoisotopic (exact) mass is 632 g/mol. The van der Waals surface area contributed by atoms with E-state index >= 15 is 4.39 Å². The first-order valence-electron chi connectivity index (χ1n) is 14.8. The van der Waals surface area contributed by atoms with Crippen molar-refractivity contribution in [3.05, 3.63) is 75.8 Å². The molecule has 2 aromatic carbocycles. The summed E-state index contributed by atoms with van der Waals surface area (Å²) < 4.78 is 17.4. The summed E-state index contributed by atoms with van der Waals surface area (Å²) in [5, 5.41) is 34.9. The van der Waals surface area contributed by atoms with E-state index < -0.39 is 11.9 Å². The Hall–Kier alpha value is -4.48. The maximum Gasteiger partial charge on any atom is 0.246 e. The number of aliphatic hydroxyl groups excluding tert-OH is 1. The van der Waals surface area contributed by atoms with Crippen LogP contribution in [0.2, 0.25) is 5.02 Å². The predicted molar refractivity (Wildman–Crippen MR) is 179 cm³/mol. The summed E-state index contributed by atoms with van der Waals surface area (Å²) >= 11 is 7.11. The molecule has 2 aliphatic rings. The van der Waals surface area contributed by atoms with E-state index in [-0.39, 0.29) is 45.7 Å². The van der Waals surface area contributed by atoms with E-state index in [9.17, 15) is 15.3 Å². The van der Waals surface area contributed by atoms with E-state index in [1.165, 1.54) is 6.08 Å². The van der Waals surface area contributed by atoms with Crippen molar-refractivity contribution in [2.75, 3.05) is 36.0 Å². The maximum atomic E-state index is 17.4. The largest absolute Gasteiger partial charge is 0.398 e. The van der Waals surface area contributed by atoms with Crippen LogP contribution in [0.4, 0.5) is 27.1 Å². The van der Waals surface area contributed by atoms with Crippen LogP contribution in [0.25, 0.3) is 11.1 Å². The zero-order chi connectivity index (χ0) is 32.7. The maximum absolute atomic E-state index is 17.4. The molecule has 2 aliphatic heterocycles. The number of hydrogen-bond acceptors (Lipinski definition) is 8. The second kappa shape index (κ2) is 12.5. The van der Waals surface area contributed by atoms with Crippen molar-refractivity contribution in [3.63, 3.8) is 0 Å². The average molecular weight is 633 g/mol. The van der Waals surface area contributed by atoms with Gasteiger partial charge < -0.3 is 36.7 Å². The number of nitrogen functional groups attached to an aromatic ring is 1. The first-order valence-corrected chi connectivity index (χ1v) is 15.2. The van der Waals surface area contributed by atoms with Crippen LogP contribution in [0.5, 0.6) is 0 Å². The van der Waals surface area contributed by atoms with Gasteiger partial charge in [-0.1, -0.05) is 24.2 Å². The van der Waals surface area contributed by atoms with Gasteiger partial charge in [-0.15, -0.1) is 0 Å². The number of nitrogens with zero attached hydrogens (tertiary/aromatic N) is 3. The number of aryl methyl sites for hydroxylation is 2. The second-order valence-corrected chi connectivity index (χ2v) is 12.0. The molecule has 1 aromatic heterocycles. The molecule has 10 nitrogen and oxygen atoms in total. The van der Waals surface area contributed by atoms with Gasteiger partial charge in [0.1, 0.15) is 5.84 Å². The number of carbonyl (C=O) groups excluding carboxylic acids is 1.